The molecular formula is C8H15N3. The van der Waals surface area contributed by atoms with Gasteiger partial charge in [-0.1, -0.05) is 6.92 Å². The van der Waals surface area contributed by atoms with Crippen molar-refractivity contribution < 1.29 is 0 Å². The van der Waals surface area contributed by atoms with Crippen molar-refractivity contribution >= 4 is 12.2 Å². The lowest BCUT2D eigenvalue weighted by molar-refractivity contribution is 0.493. The summed E-state index contributed by atoms with van der Waals surface area (Å²) in [6.07, 6.45) is 2.88. The largest absolute Gasteiger partial charge is 0.319 e. The molecule has 0 aromatic rings. The van der Waals surface area contributed by atoms with Crippen molar-refractivity contribution in [1.82, 2.24) is 4.90 Å². The summed E-state index contributed by atoms with van der Waals surface area (Å²) in [7, 11) is 0. The van der Waals surface area contributed by atoms with Gasteiger partial charge in [0.1, 0.15) is 12.5 Å². The fourth-order valence-electron chi connectivity index (χ4n) is 1.12. The maximum atomic E-state index is 4.30. The van der Waals surface area contributed by atoms with E-state index in [1.165, 1.54) is 0 Å². The lowest BCUT2D eigenvalue weighted by Crippen LogP contribution is -2.37. The Hall–Kier alpha value is -0.860. The molecule has 0 saturated heterocycles. The Labute approximate surface area is 67.8 Å². The predicted octanol–water partition coefficient (Wildman–Crippen LogP) is 1.50. The first kappa shape index (κ1) is 8.24. The van der Waals surface area contributed by atoms with Gasteiger partial charge in [0.25, 0.3) is 0 Å². The second kappa shape index (κ2) is 3.51. The van der Waals surface area contributed by atoms with E-state index < -0.39 is 0 Å². The van der Waals surface area contributed by atoms with Crippen LogP contribution < -0.4 is 0 Å². The van der Waals surface area contributed by atoms with Crippen LogP contribution in [-0.2, 0) is 0 Å². The lowest BCUT2D eigenvalue weighted by Gasteiger charge is -2.26. The summed E-state index contributed by atoms with van der Waals surface area (Å²) in [5.74, 6) is 1.15. The molecule has 0 amide bonds. The number of nitrogens with zero attached hydrogens (tertiary/aromatic N) is 3. The van der Waals surface area contributed by atoms with Gasteiger partial charge >= 0.3 is 0 Å². The molecule has 0 fully saturated rings. The Morgan fingerprint density at radius 3 is 2.82 bits per heavy atom. The molecule has 0 saturated carbocycles. The van der Waals surface area contributed by atoms with Crippen molar-refractivity contribution in [2.45, 2.75) is 33.2 Å². The minimum Gasteiger partial charge on any atom is -0.319 e. The zero-order chi connectivity index (χ0) is 8.27. The highest BCUT2D eigenvalue weighted by Gasteiger charge is 2.12. The minimum atomic E-state index is 0.470. The number of amidine groups is 1. The van der Waals surface area contributed by atoms with Crippen molar-refractivity contribution in [3.8, 4) is 0 Å². The van der Waals surface area contributed by atoms with Crippen molar-refractivity contribution in [3.05, 3.63) is 0 Å². The van der Waals surface area contributed by atoms with Gasteiger partial charge in [-0.05, 0) is 13.8 Å². The third-order valence-electron chi connectivity index (χ3n) is 1.71. The van der Waals surface area contributed by atoms with Crippen molar-refractivity contribution in [2.24, 2.45) is 9.98 Å². The number of rotatable bonds is 2. The quantitative estimate of drug-likeness (QED) is 0.591. The zero-order valence-corrected chi connectivity index (χ0v) is 7.41. The van der Waals surface area contributed by atoms with Crippen molar-refractivity contribution in [3.63, 3.8) is 0 Å². The average Bonchev–Trinajstić information content (AvgIpc) is 2.04. The van der Waals surface area contributed by atoms with Crippen molar-refractivity contribution in [2.75, 3.05) is 6.67 Å². The first-order chi connectivity index (χ1) is 5.25. The maximum Gasteiger partial charge on any atom is 0.133 e. The topological polar surface area (TPSA) is 28.0 Å². The monoisotopic (exact) mass is 153 g/mol. The highest BCUT2D eigenvalue weighted by Crippen LogP contribution is 2.04. The molecule has 1 aliphatic heterocycles. The van der Waals surface area contributed by atoms with Gasteiger partial charge in [0.05, 0.1) is 6.34 Å². The molecule has 1 aliphatic rings. The summed E-state index contributed by atoms with van der Waals surface area (Å²) >= 11 is 0. The van der Waals surface area contributed by atoms with E-state index >= 15 is 0 Å². The Balaban J connectivity index is 2.67. The lowest BCUT2D eigenvalue weighted by atomic mass is 10.3. The summed E-state index contributed by atoms with van der Waals surface area (Å²) in [6.45, 7) is 7.00. The van der Waals surface area contributed by atoms with Gasteiger partial charge in [0.2, 0.25) is 0 Å². The van der Waals surface area contributed by atoms with Crippen LogP contribution in [0, 0.1) is 0 Å². The summed E-state index contributed by atoms with van der Waals surface area (Å²) in [5.41, 5.74) is 0. The molecule has 0 spiro atoms. The molecule has 0 N–H and O–H groups in total. The zero-order valence-electron chi connectivity index (χ0n) is 7.41. The molecule has 0 aromatic carbocycles. The highest BCUT2D eigenvalue weighted by molar-refractivity contribution is 5.93. The fourth-order valence-corrected chi connectivity index (χ4v) is 1.12. The van der Waals surface area contributed by atoms with Gasteiger partial charge in [0, 0.05) is 12.5 Å². The molecule has 0 bridgehead atoms. The SMILES string of the molecule is CCC1=NCN=CN1C(C)C. The third kappa shape index (κ3) is 1.79. The Bertz CT molecular complexity index is 182. The number of hydrogen-bond donors (Lipinski definition) is 0. The maximum absolute atomic E-state index is 4.30. The molecular weight excluding hydrogens is 138 g/mol. The van der Waals surface area contributed by atoms with Crippen LogP contribution in [0.15, 0.2) is 9.98 Å². The third-order valence-corrected chi connectivity index (χ3v) is 1.71. The molecule has 1 heterocycles. The molecule has 0 aromatic heterocycles. The van der Waals surface area contributed by atoms with E-state index in [1.807, 2.05) is 6.34 Å². The van der Waals surface area contributed by atoms with Crippen molar-refractivity contribution in [1.29, 1.82) is 0 Å². The van der Waals surface area contributed by atoms with Crippen LogP contribution in [0.3, 0.4) is 0 Å². The van der Waals surface area contributed by atoms with Gasteiger partial charge in [-0.3, -0.25) is 4.99 Å². The smallest absolute Gasteiger partial charge is 0.133 e. The number of hydrogen-bond acceptors (Lipinski definition) is 3. The second-order valence-corrected chi connectivity index (χ2v) is 2.87. The van der Waals surface area contributed by atoms with E-state index in [9.17, 15) is 0 Å². The summed E-state index contributed by atoms with van der Waals surface area (Å²) in [4.78, 5) is 10.5. The van der Waals surface area contributed by atoms with Gasteiger partial charge in [0.15, 0.2) is 0 Å². The van der Waals surface area contributed by atoms with Gasteiger partial charge in [-0.2, -0.15) is 0 Å². The molecule has 62 valence electrons. The molecule has 0 radical (unpaired) electrons. The fraction of sp³-hybridized carbons (Fsp3) is 0.750. The molecule has 1 rings (SSSR count). The summed E-state index contributed by atoms with van der Waals surface area (Å²) in [6, 6.07) is 0.470. The van der Waals surface area contributed by atoms with Crippen LogP contribution in [-0.4, -0.2) is 29.8 Å². The van der Waals surface area contributed by atoms with E-state index in [0.29, 0.717) is 12.7 Å². The van der Waals surface area contributed by atoms with E-state index in [2.05, 4.69) is 35.7 Å². The Morgan fingerprint density at radius 1 is 1.64 bits per heavy atom. The van der Waals surface area contributed by atoms with E-state index in [1.54, 1.807) is 0 Å². The van der Waals surface area contributed by atoms with Crippen LogP contribution in [0.1, 0.15) is 27.2 Å². The second-order valence-electron chi connectivity index (χ2n) is 2.87. The van der Waals surface area contributed by atoms with Crippen LogP contribution >= 0.6 is 0 Å². The van der Waals surface area contributed by atoms with E-state index in [4.69, 9.17) is 0 Å². The van der Waals surface area contributed by atoms with E-state index in [-0.39, 0.29) is 0 Å². The Morgan fingerprint density at radius 2 is 2.36 bits per heavy atom. The molecule has 11 heavy (non-hydrogen) atoms. The molecule has 3 heteroatoms. The molecule has 0 aliphatic carbocycles. The van der Waals surface area contributed by atoms with Crippen LogP contribution in [0.25, 0.3) is 0 Å². The minimum absolute atomic E-state index is 0.470. The highest BCUT2D eigenvalue weighted by atomic mass is 15.3. The molecule has 0 unspecified atom stereocenters. The summed E-state index contributed by atoms with van der Waals surface area (Å²) in [5, 5.41) is 0. The molecule has 0 atom stereocenters. The average molecular weight is 153 g/mol. The Kier molecular flexibility index (Phi) is 2.63. The number of aliphatic imine (C=N–C) groups is 2. The first-order valence-electron chi connectivity index (χ1n) is 4.07. The molecule has 3 nitrogen and oxygen atoms in total. The predicted molar refractivity (Wildman–Crippen MR) is 48.1 cm³/mol. The van der Waals surface area contributed by atoms with Crippen LogP contribution in [0.2, 0.25) is 0 Å². The van der Waals surface area contributed by atoms with Gasteiger partial charge in [-0.25, -0.2) is 4.99 Å². The van der Waals surface area contributed by atoms with Gasteiger partial charge < -0.3 is 4.90 Å². The first-order valence-corrected chi connectivity index (χ1v) is 4.07. The normalized spacial score (nSPS) is 17.5. The van der Waals surface area contributed by atoms with Crippen LogP contribution in [0.4, 0.5) is 0 Å². The van der Waals surface area contributed by atoms with Gasteiger partial charge in [-0.15, -0.1) is 0 Å². The van der Waals surface area contributed by atoms with Crippen LogP contribution in [0.5, 0.6) is 0 Å². The standard InChI is InChI=1S/C8H15N3/c1-4-8-10-5-9-6-11(8)7(2)3/h6-7H,4-5H2,1-3H3. The van der Waals surface area contributed by atoms with E-state index in [0.717, 1.165) is 12.3 Å². The summed E-state index contributed by atoms with van der Waals surface area (Å²) < 4.78 is 0.